The van der Waals surface area contributed by atoms with E-state index in [1.807, 2.05) is 0 Å². The molecule has 1 aliphatic heterocycles. The summed E-state index contributed by atoms with van der Waals surface area (Å²) in [4.78, 5) is 12.8. The van der Waals surface area contributed by atoms with Crippen molar-refractivity contribution in [2.45, 2.75) is 45.3 Å². The van der Waals surface area contributed by atoms with Gasteiger partial charge in [0.15, 0.2) is 0 Å². The van der Waals surface area contributed by atoms with Crippen LogP contribution in [-0.4, -0.2) is 35.0 Å². The molecule has 2 rings (SSSR count). The van der Waals surface area contributed by atoms with Crippen molar-refractivity contribution in [3.8, 4) is 0 Å². The van der Waals surface area contributed by atoms with Crippen LogP contribution in [0.5, 0.6) is 0 Å². The lowest BCUT2D eigenvalue weighted by atomic mass is 10.1. The zero-order chi connectivity index (χ0) is 15.4. The van der Waals surface area contributed by atoms with E-state index in [-0.39, 0.29) is 11.7 Å². The molecule has 0 aromatic heterocycles. The third-order valence-corrected chi connectivity index (χ3v) is 3.96. The number of nitrogens with one attached hydrogen (secondary N) is 1. The van der Waals surface area contributed by atoms with Crippen LogP contribution in [0.3, 0.4) is 0 Å². The second-order valence-corrected chi connectivity index (χ2v) is 5.85. The fraction of sp³-hybridized carbons (Fsp3) is 0.600. The summed E-state index contributed by atoms with van der Waals surface area (Å²) in [5.41, 5.74) is 0.424. The molecule has 116 valence electrons. The summed E-state index contributed by atoms with van der Waals surface area (Å²) in [7, 11) is 0. The highest BCUT2D eigenvalue weighted by Gasteiger charge is 2.23. The van der Waals surface area contributed by atoms with E-state index in [2.05, 4.69) is 24.1 Å². The van der Waals surface area contributed by atoms with Crippen LogP contribution in [-0.2, 0) is 6.54 Å². The maximum Gasteiger partial charge on any atom is 0.274 e. The molecule has 1 aliphatic rings. The van der Waals surface area contributed by atoms with Crippen LogP contribution >= 0.6 is 0 Å². The molecule has 21 heavy (non-hydrogen) atoms. The largest absolute Gasteiger partial charge is 0.313 e. The van der Waals surface area contributed by atoms with Gasteiger partial charge in [-0.1, -0.05) is 0 Å². The lowest BCUT2D eigenvalue weighted by molar-refractivity contribution is -0.385. The lowest BCUT2D eigenvalue weighted by Gasteiger charge is -2.29. The first-order chi connectivity index (χ1) is 9.97. The Morgan fingerprint density at radius 2 is 2.29 bits per heavy atom. The summed E-state index contributed by atoms with van der Waals surface area (Å²) in [6.45, 7) is 6.35. The summed E-state index contributed by atoms with van der Waals surface area (Å²) in [5, 5.41) is 14.5. The molecule has 0 saturated carbocycles. The number of hydrogen-bond acceptors (Lipinski definition) is 4. The molecular formula is C15H22FN3O2. The van der Waals surface area contributed by atoms with Crippen molar-refractivity contribution in [3.05, 3.63) is 39.7 Å². The summed E-state index contributed by atoms with van der Waals surface area (Å²) < 4.78 is 13.4. The van der Waals surface area contributed by atoms with Gasteiger partial charge in [0.2, 0.25) is 0 Å². The number of nitro benzene ring substituents is 1. The minimum atomic E-state index is -0.443. The fourth-order valence-electron chi connectivity index (χ4n) is 2.73. The zero-order valence-corrected chi connectivity index (χ0v) is 12.5. The van der Waals surface area contributed by atoms with Gasteiger partial charge in [0.1, 0.15) is 5.82 Å². The predicted octanol–water partition coefficient (Wildman–Crippen LogP) is 2.70. The summed E-state index contributed by atoms with van der Waals surface area (Å²) in [6.07, 6.45) is 2.28. The molecule has 1 fully saturated rings. The number of hydrogen-bond donors (Lipinski definition) is 1. The maximum atomic E-state index is 13.4. The van der Waals surface area contributed by atoms with E-state index < -0.39 is 10.7 Å². The van der Waals surface area contributed by atoms with Gasteiger partial charge >= 0.3 is 0 Å². The molecule has 1 saturated heterocycles. The van der Waals surface area contributed by atoms with Crippen LogP contribution in [0.4, 0.5) is 10.1 Å². The molecule has 1 aromatic carbocycles. The van der Waals surface area contributed by atoms with Crippen molar-refractivity contribution in [2.24, 2.45) is 0 Å². The molecule has 0 amide bonds. The third kappa shape index (κ3) is 4.22. The summed E-state index contributed by atoms with van der Waals surface area (Å²) in [5.74, 6) is -0.432. The smallest absolute Gasteiger partial charge is 0.274 e. The SMILES string of the molecule is CC(C)N(Cc1cc(F)ccc1[N+](=O)[O-])CC1CCCN1. The highest BCUT2D eigenvalue weighted by molar-refractivity contribution is 5.40. The molecule has 0 radical (unpaired) electrons. The van der Waals surface area contributed by atoms with Crippen molar-refractivity contribution in [3.63, 3.8) is 0 Å². The van der Waals surface area contributed by atoms with Gasteiger partial charge in [-0.15, -0.1) is 0 Å². The topological polar surface area (TPSA) is 58.4 Å². The first kappa shape index (κ1) is 15.9. The van der Waals surface area contributed by atoms with Crippen molar-refractivity contribution in [2.75, 3.05) is 13.1 Å². The Morgan fingerprint density at radius 3 is 2.86 bits per heavy atom. The van der Waals surface area contributed by atoms with Gasteiger partial charge in [0, 0.05) is 36.8 Å². The van der Waals surface area contributed by atoms with Crippen LogP contribution < -0.4 is 5.32 Å². The van der Waals surface area contributed by atoms with Crippen LogP contribution in [0.25, 0.3) is 0 Å². The Bertz CT molecular complexity index is 502. The average Bonchev–Trinajstić information content (AvgIpc) is 2.90. The van der Waals surface area contributed by atoms with E-state index in [0.29, 0.717) is 18.2 Å². The Kier molecular flexibility index (Phi) is 5.25. The molecule has 1 unspecified atom stereocenters. The zero-order valence-electron chi connectivity index (χ0n) is 12.5. The minimum absolute atomic E-state index is 0.0126. The van der Waals surface area contributed by atoms with Crippen LogP contribution in [0.1, 0.15) is 32.3 Å². The number of benzene rings is 1. The second-order valence-electron chi connectivity index (χ2n) is 5.85. The Morgan fingerprint density at radius 1 is 1.52 bits per heavy atom. The number of nitro groups is 1. The Labute approximate surface area is 124 Å². The minimum Gasteiger partial charge on any atom is -0.313 e. The summed E-state index contributed by atoms with van der Waals surface area (Å²) >= 11 is 0. The maximum absolute atomic E-state index is 13.4. The highest BCUT2D eigenvalue weighted by Crippen LogP contribution is 2.22. The molecule has 1 aromatic rings. The van der Waals surface area contributed by atoms with Crippen LogP contribution in [0.2, 0.25) is 0 Å². The summed E-state index contributed by atoms with van der Waals surface area (Å²) in [6, 6.07) is 4.32. The molecule has 1 heterocycles. The van der Waals surface area contributed by atoms with Gasteiger partial charge in [0.05, 0.1) is 4.92 Å². The first-order valence-electron chi connectivity index (χ1n) is 7.37. The molecule has 5 nitrogen and oxygen atoms in total. The first-order valence-corrected chi connectivity index (χ1v) is 7.37. The van der Waals surface area contributed by atoms with Crippen molar-refractivity contribution in [1.29, 1.82) is 0 Å². The van der Waals surface area contributed by atoms with Crippen molar-refractivity contribution in [1.82, 2.24) is 10.2 Å². The monoisotopic (exact) mass is 295 g/mol. The van der Waals surface area contributed by atoms with E-state index in [9.17, 15) is 14.5 Å². The molecule has 0 aliphatic carbocycles. The molecule has 1 N–H and O–H groups in total. The van der Waals surface area contributed by atoms with Crippen LogP contribution in [0, 0.1) is 15.9 Å². The number of rotatable bonds is 6. The number of halogens is 1. The van der Waals surface area contributed by atoms with Crippen molar-refractivity contribution < 1.29 is 9.31 Å². The molecule has 6 heteroatoms. The molecular weight excluding hydrogens is 273 g/mol. The third-order valence-electron chi connectivity index (χ3n) is 3.96. The standard InChI is InChI=1S/C15H22FN3O2/c1-11(2)18(10-14-4-3-7-17-14)9-12-8-13(16)5-6-15(12)19(20)21/h5-6,8,11,14,17H,3-4,7,9-10H2,1-2H3. The Hall–Kier alpha value is -1.53. The van der Waals surface area contributed by atoms with Crippen LogP contribution in [0.15, 0.2) is 18.2 Å². The lowest BCUT2D eigenvalue weighted by Crippen LogP contribution is -2.40. The highest BCUT2D eigenvalue weighted by atomic mass is 19.1. The fourth-order valence-corrected chi connectivity index (χ4v) is 2.73. The van der Waals surface area contributed by atoms with Gasteiger partial charge in [0.25, 0.3) is 5.69 Å². The number of nitrogens with zero attached hydrogens (tertiary/aromatic N) is 2. The van der Waals surface area contributed by atoms with Gasteiger partial charge in [-0.25, -0.2) is 4.39 Å². The van der Waals surface area contributed by atoms with E-state index in [4.69, 9.17) is 0 Å². The normalized spacial score (nSPS) is 18.6. The Balaban J connectivity index is 2.15. The second kappa shape index (κ2) is 6.95. The van der Waals surface area contributed by atoms with E-state index >= 15 is 0 Å². The molecule has 0 bridgehead atoms. The van der Waals surface area contributed by atoms with E-state index in [1.54, 1.807) is 0 Å². The predicted molar refractivity (Wildman–Crippen MR) is 79.6 cm³/mol. The van der Waals surface area contributed by atoms with Crippen molar-refractivity contribution >= 4 is 5.69 Å². The van der Waals surface area contributed by atoms with Gasteiger partial charge in [-0.3, -0.25) is 15.0 Å². The van der Waals surface area contributed by atoms with E-state index in [1.165, 1.54) is 12.1 Å². The van der Waals surface area contributed by atoms with E-state index in [0.717, 1.165) is 32.0 Å². The molecule has 1 atom stereocenters. The quantitative estimate of drug-likeness (QED) is 0.647. The van der Waals surface area contributed by atoms with Gasteiger partial charge < -0.3 is 5.32 Å². The van der Waals surface area contributed by atoms with Gasteiger partial charge in [-0.05, 0) is 45.4 Å². The average molecular weight is 295 g/mol. The molecule has 0 spiro atoms. The van der Waals surface area contributed by atoms with Gasteiger partial charge in [-0.2, -0.15) is 0 Å².